The number of hydrogen-bond acceptors (Lipinski definition) is 2. The molecule has 0 aromatic heterocycles. The minimum absolute atomic E-state index is 0.775. The second kappa shape index (κ2) is 15.8. The van der Waals surface area contributed by atoms with Crippen LogP contribution in [0.4, 0.5) is 0 Å². The van der Waals surface area contributed by atoms with Gasteiger partial charge in [0, 0.05) is 6.54 Å². The molecule has 0 aromatic rings. The predicted octanol–water partition coefficient (Wildman–Crippen LogP) is 1.38. The zero-order valence-electron chi connectivity index (χ0n) is 7.05. The molecule has 0 unspecified atom stereocenters. The average Bonchev–Trinajstić information content (AvgIpc) is 2.02. The lowest BCUT2D eigenvalue weighted by Gasteiger charge is -1.89. The molecule has 0 aliphatic carbocycles. The molecule has 1 N–H and O–H groups in total. The molecule has 10 heavy (non-hydrogen) atoms. The summed E-state index contributed by atoms with van der Waals surface area (Å²) in [7, 11) is 0. The second-order valence-corrected chi connectivity index (χ2v) is 1.37. The van der Waals surface area contributed by atoms with E-state index in [9.17, 15) is 4.79 Å². The molecule has 0 aromatic carbocycles. The first-order chi connectivity index (χ1) is 4.91. The minimum atomic E-state index is 0.775. The molecule has 0 spiro atoms. The molecule has 0 bridgehead atoms. The molecule has 60 valence electrons. The van der Waals surface area contributed by atoms with Gasteiger partial charge in [-0.15, -0.1) is 0 Å². The van der Waals surface area contributed by atoms with Gasteiger partial charge in [0.1, 0.15) is 6.29 Å². The van der Waals surface area contributed by atoms with Gasteiger partial charge >= 0.3 is 0 Å². The van der Waals surface area contributed by atoms with Crippen molar-refractivity contribution >= 4 is 6.29 Å². The van der Waals surface area contributed by atoms with Crippen molar-refractivity contribution in [3.8, 4) is 0 Å². The highest BCUT2D eigenvalue weighted by Gasteiger charge is 1.70. The van der Waals surface area contributed by atoms with Gasteiger partial charge in [-0.3, -0.25) is 4.79 Å². The Bertz CT molecular complexity index is 79.3. The van der Waals surface area contributed by atoms with Crippen molar-refractivity contribution in [2.45, 2.75) is 20.8 Å². The summed E-state index contributed by atoms with van der Waals surface area (Å²) in [6, 6.07) is 0. The van der Waals surface area contributed by atoms with Crippen LogP contribution in [-0.2, 0) is 4.79 Å². The Morgan fingerprint density at radius 2 is 2.00 bits per heavy atom. The number of aldehydes is 1. The van der Waals surface area contributed by atoms with Gasteiger partial charge in [0.05, 0.1) is 0 Å². The Balaban J connectivity index is 0. The van der Waals surface area contributed by atoms with Crippen LogP contribution in [0.1, 0.15) is 20.8 Å². The van der Waals surface area contributed by atoms with Gasteiger partial charge in [-0.2, -0.15) is 0 Å². The quantitative estimate of drug-likeness (QED) is 0.366. The first-order valence-corrected chi connectivity index (χ1v) is 3.72. The molecule has 0 heterocycles. The highest BCUT2D eigenvalue weighted by Crippen LogP contribution is 1.63. The molecule has 0 saturated heterocycles. The lowest BCUT2D eigenvalue weighted by molar-refractivity contribution is -0.104. The van der Waals surface area contributed by atoms with E-state index in [-0.39, 0.29) is 0 Å². The standard InChI is InChI=1S/C6H11NO.C2H6/c1-2-7-5-3-4-6-8;1-2/h3-4,6-7H,2,5H2,1H3;1-2H3/b4-3+;. The fourth-order valence-corrected chi connectivity index (χ4v) is 0.351. The van der Waals surface area contributed by atoms with Crippen LogP contribution in [0.15, 0.2) is 12.2 Å². The van der Waals surface area contributed by atoms with Crippen LogP contribution in [0.3, 0.4) is 0 Å². The van der Waals surface area contributed by atoms with E-state index in [4.69, 9.17) is 0 Å². The van der Waals surface area contributed by atoms with Gasteiger partial charge in [-0.05, 0) is 12.6 Å². The molecular weight excluding hydrogens is 126 g/mol. The number of nitrogens with one attached hydrogen (secondary N) is 1. The summed E-state index contributed by atoms with van der Waals surface area (Å²) in [4.78, 5) is 9.65. The molecule has 0 radical (unpaired) electrons. The summed E-state index contributed by atoms with van der Waals surface area (Å²) in [6.45, 7) is 7.76. The zero-order valence-corrected chi connectivity index (χ0v) is 7.05. The summed E-state index contributed by atoms with van der Waals surface area (Å²) in [5.41, 5.74) is 0. The van der Waals surface area contributed by atoms with Crippen LogP contribution in [0.25, 0.3) is 0 Å². The second-order valence-electron chi connectivity index (χ2n) is 1.37. The number of carbonyl (C=O) groups is 1. The number of allylic oxidation sites excluding steroid dienone is 1. The smallest absolute Gasteiger partial charge is 0.142 e. The van der Waals surface area contributed by atoms with E-state index < -0.39 is 0 Å². The van der Waals surface area contributed by atoms with Crippen molar-refractivity contribution < 1.29 is 4.79 Å². The maximum atomic E-state index is 9.65. The van der Waals surface area contributed by atoms with Crippen molar-refractivity contribution in [2.75, 3.05) is 13.1 Å². The van der Waals surface area contributed by atoms with Gasteiger partial charge in [0.25, 0.3) is 0 Å². The molecular formula is C8H17NO. The van der Waals surface area contributed by atoms with Crippen LogP contribution in [0, 0.1) is 0 Å². The van der Waals surface area contributed by atoms with E-state index in [2.05, 4.69) is 5.32 Å². The monoisotopic (exact) mass is 143 g/mol. The van der Waals surface area contributed by atoms with Crippen molar-refractivity contribution in [3.05, 3.63) is 12.2 Å². The summed E-state index contributed by atoms with van der Waals surface area (Å²) in [5, 5.41) is 3.04. The van der Waals surface area contributed by atoms with Crippen LogP contribution in [0.2, 0.25) is 0 Å². The molecule has 0 aliphatic rings. The third-order valence-corrected chi connectivity index (χ3v) is 0.727. The third-order valence-electron chi connectivity index (χ3n) is 0.727. The fourth-order valence-electron chi connectivity index (χ4n) is 0.351. The molecule has 0 aliphatic heterocycles. The largest absolute Gasteiger partial charge is 0.314 e. The Morgan fingerprint density at radius 3 is 2.40 bits per heavy atom. The van der Waals surface area contributed by atoms with E-state index in [1.807, 2.05) is 20.8 Å². The van der Waals surface area contributed by atoms with Crippen molar-refractivity contribution in [1.29, 1.82) is 0 Å². The number of rotatable bonds is 4. The molecule has 0 fully saturated rings. The maximum absolute atomic E-state index is 9.65. The van der Waals surface area contributed by atoms with Crippen molar-refractivity contribution in [2.24, 2.45) is 0 Å². The zero-order chi connectivity index (χ0) is 8.24. The summed E-state index contributed by atoms with van der Waals surface area (Å²) < 4.78 is 0. The first kappa shape index (κ1) is 12.1. The van der Waals surface area contributed by atoms with Gasteiger partial charge in [0.2, 0.25) is 0 Å². The fraction of sp³-hybridized carbons (Fsp3) is 0.625. The van der Waals surface area contributed by atoms with Crippen molar-refractivity contribution in [1.82, 2.24) is 5.32 Å². The van der Waals surface area contributed by atoms with Crippen LogP contribution in [0.5, 0.6) is 0 Å². The number of carbonyl (C=O) groups excluding carboxylic acids is 1. The topological polar surface area (TPSA) is 29.1 Å². The number of likely N-dealkylation sites (N-methyl/N-ethyl adjacent to an activating group) is 1. The van der Waals surface area contributed by atoms with Gasteiger partial charge in [0.15, 0.2) is 0 Å². The van der Waals surface area contributed by atoms with Crippen LogP contribution >= 0.6 is 0 Å². The Hall–Kier alpha value is -0.630. The maximum Gasteiger partial charge on any atom is 0.142 e. The molecule has 0 atom stereocenters. The van der Waals surface area contributed by atoms with E-state index >= 15 is 0 Å². The normalized spacial score (nSPS) is 8.70. The lowest BCUT2D eigenvalue weighted by Crippen LogP contribution is -2.11. The molecule has 0 amide bonds. The minimum Gasteiger partial charge on any atom is -0.314 e. The summed E-state index contributed by atoms with van der Waals surface area (Å²) in [6.07, 6.45) is 4.05. The highest BCUT2D eigenvalue weighted by molar-refractivity contribution is 5.64. The highest BCUT2D eigenvalue weighted by atomic mass is 16.1. The van der Waals surface area contributed by atoms with Gasteiger partial charge in [-0.1, -0.05) is 26.8 Å². The Labute approximate surface area is 63.3 Å². The SMILES string of the molecule is CC.CCNC/C=C/C=O. The molecule has 0 rings (SSSR count). The summed E-state index contributed by atoms with van der Waals surface area (Å²) in [5.74, 6) is 0. The van der Waals surface area contributed by atoms with E-state index in [1.54, 1.807) is 6.08 Å². The van der Waals surface area contributed by atoms with E-state index in [0.717, 1.165) is 19.4 Å². The molecule has 0 saturated carbocycles. The van der Waals surface area contributed by atoms with E-state index in [1.165, 1.54) is 6.08 Å². The number of hydrogen-bond donors (Lipinski definition) is 1. The van der Waals surface area contributed by atoms with Crippen LogP contribution < -0.4 is 5.32 Å². The first-order valence-electron chi connectivity index (χ1n) is 3.72. The summed E-state index contributed by atoms with van der Waals surface area (Å²) >= 11 is 0. The molecule has 2 nitrogen and oxygen atoms in total. The Morgan fingerprint density at radius 1 is 1.40 bits per heavy atom. The average molecular weight is 143 g/mol. The third kappa shape index (κ3) is 15.7. The lowest BCUT2D eigenvalue weighted by atomic mass is 10.5. The van der Waals surface area contributed by atoms with Crippen LogP contribution in [-0.4, -0.2) is 19.4 Å². The van der Waals surface area contributed by atoms with E-state index in [0.29, 0.717) is 0 Å². The Kier molecular flexibility index (Phi) is 19.1. The molecule has 2 heteroatoms. The van der Waals surface area contributed by atoms with Gasteiger partial charge in [-0.25, -0.2) is 0 Å². The van der Waals surface area contributed by atoms with Gasteiger partial charge < -0.3 is 5.32 Å². The predicted molar refractivity (Wildman–Crippen MR) is 45.1 cm³/mol. The van der Waals surface area contributed by atoms with Crippen molar-refractivity contribution in [3.63, 3.8) is 0 Å².